The summed E-state index contributed by atoms with van der Waals surface area (Å²) < 4.78 is 30.5. The molecule has 0 saturated carbocycles. The topological polar surface area (TPSA) is 99.5 Å². The molecule has 0 aromatic heterocycles. The van der Waals surface area contributed by atoms with E-state index in [2.05, 4.69) is 5.32 Å². The zero-order valence-electron chi connectivity index (χ0n) is 14.5. The lowest BCUT2D eigenvalue weighted by Crippen LogP contribution is -2.33. The van der Waals surface area contributed by atoms with Crippen LogP contribution in [0.15, 0.2) is 48.5 Å². The van der Waals surface area contributed by atoms with E-state index in [1.807, 2.05) is 6.07 Å². The summed E-state index contributed by atoms with van der Waals surface area (Å²) in [4.78, 5) is 12.1. The molecular formula is C18H19N3O4S. The Kier molecular flexibility index (Phi) is 6.20. The molecule has 0 fully saturated rings. The Labute approximate surface area is 152 Å². The van der Waals surface area contributed by atoms with E-state index in [0.29, 0.717) is 22.7 Å². The molecule has 0 radical (unpaired) electrons. The third-order valence-electron chi connectivity index (χ3n) is 3.58. The van der Waals surface area contributed by atoms with Crippen molar-refractivity contribution in [2.24, 2.45) is 0 Å². The number of carbonyl (C=O) groups is 1. The smallest absolute Gasteiger partial charge is 0.232 e. The van der Waals surface area contributed by atoms with Crippen LogP contribution in [-0.4, -0.2) is 34.2 Å². The fourth-order valence-electron chi connectivity index (χ4n) is 2.31. The van der Waals surface area contributed by atoms with Gasteiger partial charge in [0.1, 0.15) is 5.75 Å². The molecule has 1 amide bonds. The molecule has 8 heteroatoms. The van der Waals surface area contributed by atoms with Crippen LogP contribution in [0.4, 0.5) is 11.4 Å². The first kappa shape index (κ1) is 19.3. The van der Waals surface area contributed by atoms with Gasteiger partial charge in [0.15, 0.2) is 0 Å². The third-order valence-corrected chi connectivity index (χ3v) is 4.78. The summed E-state index contributed by atoms with van der Waals surface area (Å²) in [5, 5.41) is 11.4. The summed E-state index contributed by atoms with van der Waals surface area (Å²) in [6.07, 6.45) is 1.06. The fourth-order valence-corrected chi connectivity index (χ4v) is 3.23. The molecule has 0 atom stereocenters. The highest BCUT2D eigenvalue weighted by Crippen LogP contribution is 2.23. The van der Waals surface area contributed by atoms with E-state index in [1.54, 1.807) is 48.5 Å². The summed E-state index contributed by atoms with van der Waals surface area (Å²) in [5.41, 5.74) is 1.46. The number of nitriles is 1. The molecule has 2 aromatic rings. The van der Waals surface area contributed by atoms with Gasteiger partial charge in [0.2, 0.25) is 15.9 Å². The minimum atomic E-state index is -3.56. The molecule has 136 valence electrons. The normalized spacial score (nSPS) is 10.7. The predicted octanol–water partition coefficient (Wildman–Crippen LogP) is 2.36. The molecule has 0 unspecified atom stereocenters. The summed E-state index contributed by atoms with van der Waals surface area (Å²) in [5.74, 6) is 0.199. The summed E-state index contributed by atoms with van der Waals surface area (Å²) in [6.45, 7) is -0.00584. The van der Waals surface area contributed by atoms with Crippen molar-refractivity contribution in [2.75, 3.05) is 29.5 Å². The van der Waals surface area contributed by atoms with E-state index in [1.165, 1.54) is 7.11 Å². The molecule has 0 saturated heterocycles. The highest BCUT2D eigenvalue weighted by Gasteiger charge is 2.19. The summed E-state index contributed by atoms with van der Waals surface area (Å²) >= 11 is 0. The predicted molar refractivity (Wildman–Crippen MR) is 99.6 cm³/mol. The van der Waals surface area contributed by atoms with Gasteiger partial charge in [-0.05, 0) is 36.4 Å². The first-order chi connectivity index (χ1) is 12.3. The first-order valence-electron chi connectivity index (χ1n) is 7.75. The van der Waals surface area contributed by atoms with Crippen molar-refractivity contribution in [1.82, 2.24) is 0 Å². The van der Waals surface area contributed by atoms with Crippen molar-refractivity contribution < 1.29 is 17.9 Å². The number of ether oxygens (including phenoxy) is 1. The Bertz CT molecular complexity index is 918. The highest BCUT2D eigenvalue weighted by atomic mass is 32.2. The summed E-state index contributed by atoms with van der Waals surface area (Å²) in [6, 6.07) is 15.0. The van der Waals surface area contributed by atoms with Crippen LogP contribution < -0.4 is 14.4 Å². The van der Waals surface area contributed by atoms with Crippen molar-refractivity contribution >= 4 is 27.3 Å². The Morgan fingerprint density at radius 3 is 2.50 bits per heavy atom. The average molecular weight is 373 g/mol. The number of sulfonamides is 1. The maximum absolute atomic E-state index is 12.1. The van der Waals surface area contributed by atoms with Gasteiger partial charge in [-0.15, -0.1) is 0 Å². The molecular weight excluding hydrogens is 354 g/mol. The lowest BCUT2D eigenvalue weighted by molar-refractivity contribution is -0.116. The van der Waals surface area contributed by atoms with Crippen molar-refractivity contribution in [3.63, 3.8) is 0 Å². The quantitative estimate of drug-likeness (QED) is 0.803. The van der Waals surface area contributed by atoms with E-state index in [9.17, 15) is 13.2 Å². The number of rotatable bonds is 7. The number of hydrogen-bond donors (Lipinski definition) is 1. The number of nitrogens with zero attached hydrogens (tertiary/aromatic N) is 2. The van der Waals surface area contributed by atoms with E-state index < -0.39 is 10.0 Å². The van der Waals surface area contributed by atoms with Gasteiger partial charge in [-0.25, -0.2) is 8.42 Å². The second kappa shape index (κ2) is 8.36. The standard InChI is InChI=1S/C18H19N3O4S/c1-25-17-5-3-4-16(12-17)21(26(2,23)24)11-10-18(22)20-15-8-6-14(13-19)7-9-15/h3-9,12H,10-11H2,1-2H3,(H,20,22). The molecule has 0 spiro atoms. The molecule has 26 heavy (non-hydrogen) atoms. The Hall–Kier alpha value is -3.05. The van der Waals surface area contributed by atoms with Gasteiger partial charge in [0.25, 0.3) is 0 Å². The Morgan fingerprint density at radius 1 is 1.23 bits per heavy atom. The van der Waals surface area contributed by atoms with E-state index in [4.69, 9.17) is 10.00 Å². The molecule has 0 bridgehead atoms. The van der Waals surface area contributed by atoms with Gasteiger partial charge in [-0.2, -0.15) is 5.26 Å². The lowest BCUT2D eigenvalue weighted by Gasteiger charge is -2.22. The number of methoxy groups -OCH3 is 1. The zero-order valence-corrected chi connectivity index (χ0v) is 15.3. The van der Waals surface area contributed by atoms with Crippen molar-refractivity contribution in [3.05, 3.63) is 54.1 Å². The molecule has 2 aromatic carbocycles. The van der Waals surface area contributed by atoms with E-state index in [-0.39, 0.29) is 18.9 Å². The minimum Gasteiger partial charge on any atom is -0.497 e. The number of hydrogen-bond acceptors (Lipinski definition) is 5. The summed E-state index contributed by atoms with van der Waals surface area (Å²) in [7, 11) is -2.06. The number of amides is 1. The van der Waals surface area contributed by atoms with Crippen molar-refractivity contribution in [3.8, 4) is 11.8 Å². The number of nitrogens with one attached hydrogen (secondary N) is 1. The number of carbonyl (C=O) groups excluding carboxylic acids is 1. The van der Waals surface area contributed by atoms with Crippen LogP contribution in [-0.2, 0) is 14.8 Å². The Morgan fingerprint density at radius 2 is 1.92 bits per heavy atom. The van der Waals surface area contributed by atoms with Crippen LogP contribution in [0.2, 0.25) is 0 Å². The minimum absolute atomic E-state index is 0.00584. The molecule has 0 aliphatic rings. The second-order valence-electron chi connectivity index (χ2n) is 5.52. The third kappa shape index (κ3) is 5.22. The van der Waals surface area contributed by atoms with Gasteiger partial charge < -0.3 is 10.1 Å². The van der Waals surface area contributed by atoms with Crippen LogP contribution in [0.5, 0.6) is 5.75 Å². The Balaban J connectivity index is 2.07. The molecule has 0 heterocycles. The largest absolute Gasteiger partial charge is 0.497 e. The van der Waals surface area contributed by atoms with Crippen molar-refractivity contribution in [2.45, 2.75) is 6.42 Å². The van der Waals surface area contributed by atoms with Crippen LogP contribution >= 0.6 is 0 Å². The maximum Gasteiger partial charge on any atom is 0.232 e. The molecule has 0 aliphatic carbocycles. The fraction of sp³-hybridized carbons (Fsp3) is 0.222. The van der Waals surface area contributed by atoms with E-state index in [0.717, 1.165) is 10.6 Å². The van der Waals surface area contributed by atoms with Crippen LogP contribution in [0.3, 0.4) is 0 Å². The molecule has 2 rings (SSSR count). The maximum atomic E-state index is 12.1. The number of anilines is 2. The zero-order chi connectivity index (χ0) is 19.2. The van der Waals surface area contributed by atoms with Gasteiger partial charge >= 0.3 is 0 Å². The first-order valence-corrected chi connectivity index (χ1v) is 9.60. The monoisotopic (exact) mass is 373 g/mol. The highest BCUT2D eigenvalue weighted by molar-refractivity contribution is 7.92. The van der Waals surface area contributed by atoms with Crippen LogP contribution in [0.1, 0.15) is 12.0 Å². The van der Waals surface area contributed by atoms with Gasteiger partial charge in [0.05, 0.1) is 30.7 Å². The SMILES string of the molecule is COc1cccc(N(CCC(=O)Nc2ccc(C#N)cc2)S(C)(=O)=O)c1. The van der Waals surface area contributed by atoms with Crippen molar-refractivity contribution in [1.29, 1.82) is 5.26 Å². The second-order valence-corrected chi connectivity index (χ2v) is 7.43. The molecule has 1 N–H and O–H groups in total. The lowest BCUT2D eigenvalue weighted by atomic mass is 10.2. The average Bonchev–Trinajstić information content (AvgIpc) is 2.61. The van der Waals surface area contributed by atoms with Crippen LogP contribution in [0, 0.1) is 11.3 Å². The number of benzene rings is 2. The van der Waals surface area contributed by atoms with Crippen LogP contribution in [0.25, 0.3) is 0 Å². The van der Waals surface area contributed by atoms with Gasteiger partial charge in [0, 0.05) is 24.7 Å². The van der Waals surface area contributed by atoms with E-state index >= 15 is 0 Å². The molecule has 0 aliphatic heterocycles. The molecule has 7 nitrogen and oxygen atoms in total. The van der Waals surface area contributed by atoms with Gasteiger partial charge in [-0.3, -0.25) is 9.10 Å². The van der Waals surface area contributed by atoms with Gasteiger partial charge in [-0.1, -0.05) is 6.07 Å².